The first-order chi connectivity index (χ1) is 54.0. The van der Waals surface area contributed by atoms with Crippen molar-refractivity contribution in [3.05, 3.63) is 370 Å². The zero-order valence-electron chi connectivity index (χ0n) is 58.8. The summed E-state index contributed by atoms with van der Waals surface area (Å²) in [7, 11) is 0. The van der Waals surface area contributed by atoms with Crippen LogP contribution in [0.4, 0.5) is 0 Å². The van der Waals surface area contributed by atoms with Gasteiger partial charge in [0.1, 0.15) is 0 Å². The molecule has 0 saturated carbocycles. The molecule has 0 aliphatic heterocycles. The second-order valence-corrected chi connectivity index (χ2v) is 28.3. The first-order valence-electron chi connectivity index (χ1n) is 37.1. The molecular formula is C102H61N7. The van der Waals surface area contributed by atoms with Crippen molar-refractivity contribution in [2.24, 2.45) is 0 Å². The summed E-state index contributed by atoms with van der Waals surface area (Å²) in [5.41, 5.74) is 26.7. The van der Waals surface area contributed by atoms with Gasteiger partial charge in [-0.05, 0) is 138 Å². The summed E-state index contributed by atoms with van der Waals surface area (Å²) < 4.78 is 2.36. The summed E-state index contributed by atoms with van der Waals surface area (Å²) in [4.78, 5) is 33.0. The second kappa shape index (κ2) is 25.0. The largest absolute Gasteiger partial charge is 0.309 e. The van der Waals surface area contributed by atoms with Crippen molar-refractivity contribution < 1.29 is 0 Å². The third-order valence-corrected chi connectivity index (χ3v) is 22.2. The van der Waals surface area contributed by atoms with Gasteiger partial charge in [-0.2, -0.15) is 0 Å². The number of para-hydroxylation sites is 4. The van der Waals surface area contributed by atoms with Crippen LogP contribution in [0.3, 0.4) is 0 Å². The maximum absolute atomic E-state index is 5.71. The molecule has 22 aromatic rings. The van der Waals surface area contributed by atoms with Crippen molar-refractivity contribution in [1.29, 1.82) is 0 Å². The molecule has 7 nitrogen and oxygen atoms in total. The Balaban J connectivity index is 0.594. The quantitative estimate of drug-likeness (QED) is 0.127. The number of rotatable bonds is 10. The average Bonchev–Trinajstić information content (AvgIpc) is 1.53. The fraction of sp³-hybridized carbons (Fsp3) is 0. The van der Waals surface area contributed by atoms with Gasteiger partial charge in [0.2, 0.25) is 0 Å². The number of hydrogen-bond acceptors (Lipinski definition) is 6. The molecule has 0 amide bonds. The minimum atomic E-state index is 0.815. The van der Waals surface area contributed by atoms with E-state index >= 15 is 0 Å². The predicted octanol–water partition coefficient (Wildman–Crippen LogP) is 26.5. The molecule has 0 aliphatic rings. The van der Waals surface area contributed by atoms with Gasteiger partial charge in [0.15, 0.2) is 0 Å². The van der Waals surface area contributed by atoms with Gasteiger partial charge in [-0.1, -0.05) is 297 Å². The van der Waals surface area contributed by atoms with Gasteiger partial charge in [0.05, 0.1) is 78.3 Å². The highest BCUT2D eigenvalue weighted by atomic mass is 15.0. The highest BCUT2D eigenvalue weighted by molar-refractivity contribution is 6.27. The van der Waals surface area contributed by atoms with Crippen molar-refractivity contribution >= 4 is 120 Å². The van der Waals surface area contributed by atoms with E-state index < -0.39 is 0 Å². The van der Waals surface area contributed by atoms with E-state index in [-0.39, 0.29) is 0 Å². The molecular weight excluding hydrogens is 1320 g/mol. The topological polar surface area (TPSA) is 82.3 Å². The third kappa shape index (κ3) is 10.2. The van der Waals surface area contributed by atoms with E-state index in [1.54, 1.807) is 0 Å². The van der Waals surface area contributed by atoms with Crippen molar-refractivity contribution in [2.75, 3.05) is 0 Å². The van der Waals surface area contributed by atoms with Gasteiger partial charge >= 0.3 is 0 Å². The van der Waals surface area contributed by atoms with E-state index in [0.717, 1.165) is 172 Å². The van der Waals surface area contributed by atoms with Crippen LogP contribution in [-0.4, -0.2) is 34.5 Å². The molecule has 109 heavy (non-hydrogen) atoms. The Kier molecular flexibility index (Phi) is 14.2. The van der Waals surface area contributed by atoms with E-state index in [1.165, 1.54) is 54.1 Å². The van der Waals surface area contributed by atoms with Crippen LogP contribution in [0.15, 0.2) is 370 Å². The normalized spacial score (nSPS) is 11.9. The summed E-state index contributed by atoms with van der Waals surface area (Å²) in [6.45, 7) is 0. The van der Waals surface area contributed by atoms with Crippen LogP contribution < -0.4 is 0 Å². The molecule has 7 heteroatoms. The summed E-state index contributed by atoms with van der Waals surface area (Å²) in [5.74, 6) is 0. The van der Waals surface area contributed by atoms with E-state index in [4.69, 9.17) is 29.9 Å². The maximum atomic E-state index is 5.71. The smallest absolute Gasteiger partial charge is 0.0980 e. The summed E-state index contributed by atoms with van der Waals surface area (Å²) in [6, 6.07) is 132. The number of pyridine rings is 2. The fourth-order valence-corrected chi connectivity index (χ4v) is 16.9. The predicted molar refractivity (Wildman–Crippen MR) is 454 cm³/mol. The molecule has 0 aliphatic carbocycles. The zero-order valence-corrected chi connectivity index (χ0v) is 58.8. The highest BCUT2D eigenvalue weighted by Gasteiger charge is 2.23. The van der Waals surface area contributed by atoms with E-state index in [9.17, 15) is 0 Å². The number of nitrogens with zero attached hydrogens (tertiary/aromatic N) is 7. The lowest BCUT2D eigenvalue weighted by molar-refractivity contribution is 1.18. The number of fused-ring (bicyclic) bond motifs is 19. The van der Waals surface area contributed by atoms with Crippen molar-refractivity contribution in [1.82, 2.24) is 34.5 Å². The molecule has 0 radical (unpaired) electrons. The van der Waals surface area contributed by atoms with Gasteiger partial charge in [0.25, 0.3) is 0 Å². The minimum Gasteiger partial charge on any atom is -0.309 e. The summed E-state index contributed by atoms with van der Waals surface area (Å²) in [6.07, 6.45) is 0. The van der Waals surface area contributed by atoms with Gasteiger partial charge in [-0.15, -0.1) is 0 Å². The van der Waals surface area contributed by atoms with Crippen LogP contribution >= 0.6 is 0 Å². The molecule has 17 aromatic carbocycles. The molecule has 0 unspecified atom stereocenters. The van der Waals surface area contributed by atoms with E-state index in [1.807, 2.05) is 12.1 Å². The Bertz CT molecular complexity index is 7420. The zero-order chi connectivity index (χ0) is 71.6. The van der Waals surface area contributed by atoms with Crippen LogP contribution in [0.5, 0.6) is 0 Å². The lowest BCUT2D eigenvalue weighted by Crippen LogP contribution is -1.98. The first-order valence-corrected chi connectivity index (χ1v) is 37.1. The third-order valence-electron chi connectivity index (χ3n) is 22.2. The standard InChI is InChI=1S/C102H61N7/c1-4-20-66(21-5-1)97-99(67-22-6-2-7-23-67)107-101-89(105-97)58-56-84-93(101)81-30-12-17-33-88(81)104-96(84)70-44-38-64(39-45-70)73-51-55-78-85(60-73)76-27-11-10-26-75(76)77-54-50-72(61-86(77)78)65-40-46-71(47-41-65)98-100(68-24-8-3-9-25-68)108-102-90(106-98)59-57-83-94(102)82-31-13-16-32-87(82)103-95(83)69-42-36-62(37-43-69)63-48-52-74(53-49-63)109-91-34-18-14-28-79(91)80-29-15-19-35-92(80)109/h1-61H. The Labute approximate surface area is 626 Å². The number of benzene rings is 17. The van der Waals surface area contributed by atoms with Gasteiger partial charge < -0.3 is 4.57 Å². The van der Waals surface area contributed by atoms with Crippen molar-refractivity contribution in [3.8, 4) is 107 Å². The lowest BCUT2D eigenvalue weighted by atomic mass is 9.90. The van der Waals surface area contributed by atoms with E-state index in [0.29, 0.717) is 0 Å². The molecule has 22 rings (SSSR count). The number of hydrogen-bond donors (Lipinski definition) is 0. The van der Waals surface area contributed by atoms with Crippen molar-refractivity contribution in [2.45, 2.75) is 0 Å². The fourth-order valence-electron chi connectivity index (χ4n) is 16.9. The molecule has 0 spiro atoms. The van der Waals surface area contributed by atoms with Gasteiger partial charge in [0, 0.05) is 82.2 Å². The van der Waals surface area contributed by atoms with E-state index in [2.05, 4.69) is 362 Å². The van der Waals surface area contributed by atoms with Crippen LogP contribution in [0.1, 0.15) is 0 Å². The molecule has 0 bridgehead atoms. The number of aromatic nitrogens is 7. The Morgan fingerprint density at radius 3 is 0.862 bits per heavy atom. The minimum absolute atomic E-state index is 0.815. The maximum Gasteiger partial charge on any atom is 0.0980 e. The highest BCUT2D eigenvalue weighted by Crippen LogP contribution is 2.45. The first kappa shape index (κ1) is 61.8. The molecule has 0 fully saturated rings. The molecule has 0 atom stereocenters. The lowest BCUT2D eigenvalue weighted by Gasteiger charge is -2.16. The monoisotopic (exact) mass is 1380 g/mol. The van der Waals surface area contributed by atoms with Crippen LogP contribution in [0.2, 0.25) is 0 Å². The van der Waals surface area contributed by atoms with Gasteiger partial charge in [-0.25, -0.2) is 29.9 Å². The van der Waals surface area contributed by atoms with Crippen LogP contribution in [-0.2, 0) is 0 Å². The molecule has 504 valence electrons. The SMILES string of the molecule is c1ccc(-c2nc3ccc4c(-c5ccc(-c6ccc7c(c6)c6ccccc6c6ccc(-c8ccc(-c9nc%10ccc%11c(-c%12ccc(-c%13ccc(-n%14c%15ccccc%15c%15ccccc%15%14)cc%13)cc%12)nc%12ccccc%12c%11c%10nc9-c9ccccc9)cc8)cc67)cc5)nc5ccccc5c4c3nc2-c2ccccc2)cc1. The summed E-state index contributed by atoms with van der Waals surface area (Å²) >= 11 is 0. The summed E-state index contributed by atoms with van der Waals surface area (Å²) in [5, 5.41) is 16.0. The Hall–Kier alpha value is -14.7. The van der Waals surface area contributed by atoms with Crippen LogP contribution in [0, 0.1) is 0 Å². The molecule has 0 N–H and O–H groups in total. The molecule has 5 heterocycles. The van der Waals surface area contributed by atoms with Gasteiger partial charge in [-0.3, -0.25) is 0 Å². The Morgan fingerprint density at radius 2 is 0.431 bits per heavy atom. The molecule has 0 saturated heterocycles. The van der Waals surface area contributed by atoms with Crippen molar-refractivity contribution in [3.63, 3.8) is 0 Å². The molecule has 5 aromatic heterocycles. The Morgan fingerprint density at radius 1 is 0.156 bits per heavy atom. The van der Waals surface area contributed by atoms with Crippen LogP contribution in [0.25, 0.3) is 226 Å². The second-order valence-electron chi connectivity index (χ2n) is 28.3. The average molecular weight is 1380 g/mol.